The van der Waals surface area contributed by atoms with Gasteiger partial charge in [-0.15, -0.1) is 0 Å². The summed E-state index contributed by atoms with van der Waals surface area (Å²) < 4.78 is 5.33. The third-order valence-electron chi connectivity index (χ3n) is 7.09. The lowest BCUT2D eigenvalue weighted by Crippen LogP contribution is -2.54. The van der Waals surface area contributed by atoms with Crippen LogP contribution in [0, 0.1) is 5.92 Å². The van der Waals surface area contributed by atoms with Gasteiger partial charge in [0.15, 0.2) is 0 Å². The Balaban J connectivity index is 1.26. The minimum absolute atomic E-state index is 0.0461. The molecule has 3 heterocycles. The van der Waals surface area contributed by atoms with E-state index in [0.717, 1.165) is 56.4 Å². The lowest BCUT2D eigenvalue weighted by molar-refractivity contribution is -0.134. The average Bonchev–Trinajstić information content (AvgIpc) is 2.95. The van der Waals surface area contributed by atoms with E-state index in [9.17, 15) is 14.4 Å². The number of hydrogen-bond acceptors (Lipinski definition) is 6. The molecule has 2 fully saturated rings. The molecule has 0 radical (unpaired) electrons. The quantitative estimate of drug-likeness (QED) is 0.541. The number of hydrogen-bond donors (Lipinski definition) is 2. The number of aromatic nitrogens is 1. The van der Waals surface area contributed by atoms with Gasteiger partial charge >= 0.3 is 6.09 Å². The van der Waals surface area contributed by atoms with Crippen molar-refractivity contribution in [2.75, 3.05) is 37.6 Å². The molecule has 0 saturated carbocycles. The van der Waals surface area contributed by atoms with Crippen LogP contribution in [0.5, 0.6) is 0 Å². The van der Waals surface area contributed by atoms with Crippen LogP contribution in [0.25, 0.3) is 0 Å². The van der Waals surface area contributed by atoms with E-state index in [1.165, 1.54) is 0 Å². The zero-order valence-corrected chi connectivity index (χ0v) is 21.3. The highest BCUT2D eigenvalue weighted by Gasteiger charge is 2.29. The van der Waals surface area contributed by atoms with E-state index >= 15 is 0 Å². The van der Waals surface area contributed by atoms with Gasteiger partial charge in [0.25, 0.3) is 0 Å². The van der Waals surface area contributed by atoms with Crippen molar-refractivity contribution in [3.63, 3.8) is 0 Å². The lowest BCUT2D eigenvalue weighted by Gasteiger charge is -2.33. The molecule has 2 N–H and O–H groups in total. The van der Waals surface area contributed by atoms with Gasteiger partial charge in [0.2, 0.25) is 11.8 Å². The highest BCUT2D eigenvalue weighted by Crippen LogP contribution is 2.24. The molecule has 1 atom stereocenters. The molecule has 2 saturated heterocycles. The minimum atomic E-state index is -0.862. The summed E-state index contributed by atoms with van der Waals surface area (Å²) in [6.07, 6.45) is 8.17. The number of nitrogens with one attached hydrogen (secondary N) is 2. The van der Waals surface area contributed by atoms with Crippen molar-refractivity contribution in [3.8, 4) is 0 Å². The van der Waals surface area contributed by atoms with Crippen LogP contribution in [0.15, 0.2) is 54.9 Å². The smallest absolute Gasteiger partial charge is 0.408 e. The van der Waals surface area contributed by atoms with Gasteiger partial charge in [-0.3, -0.25) is 14.6 Å². The second kappa shape index (κ2) is 13.6. The molecular formula is C28H37N5O4. The van der Waals surface area contributed by atoms with E-state index in [4.69, 9.17) is 4.74 Å². The summed E-state index contributed by atoms with van der Waals surface area (Å²) >= 11 is 0. The number of amides is 3. The van der Waals surface area contributed by atoms with Crippen LogP contribution in [0.3, 0.4) is 0 Å². The Labute approximate surface area is 218 Å². The summed E-state index contributed by atoms with van der Waals surface area (Å²) in [5.41, 5.74) is 2.02. The van der Waals surface area contributed by atoms with E-state index in [0.29, 0.717) is 19.5 Å². The molecule has 1 aromatic carbocycles. The number of alkyl carbamates (subject to hydrolysis) is 1. The van der Waals surface area contributed by atoms with Gasteiger partial charge in [-0.2, -0.15) is 0 Å². The molecular weight excluding hydrogens is 470 g/mol. The zero-order chi connectivity index (χ0) is 25.9. The second-order valence-electron chi connectivity index (χ2n) is 9.79. The predicted octanol–water partition coefficient (Wildman–Crippen LogP) is 3.11. The van der Waals surface area contributed by atoms with E-state index in [2.05, 4.69) is 20.5 Å². The summed E-state index contributed by atoms with van der Waals surface area (Å²) in [7, 11) is 0. The average molecular weight is 508 g/mol. The summed E-state index contributed by atoms with van der Waals surface area (Å²) in [4.78, 5) is 46.6. The van der Waals surface area contributed by atoms with Crippen LogP contribution in [-0.2, 0) is 20.9 Å². The monoisotopic (exact) mass is 507 g/mol. The number of benzene rings is 1. The van der Waals surface area contributed by atoms with Gasteiger partial charge in [0, 0.05) is 57.2 Å². The summed E-state index contributed by atoms with van der Waals surface area (Å²) in [5, 5.41) is 5.58. The van der Waals surface area contributed by atoms with Gasteiger partial charge in [-0.25, -0.2) is 4.79 Å². The SMILES string of the molecule is O=C(CC1CCN(c2ccncc2)CC1)NCC(NC(=O)OCc1ccccc1)C(=O)N1CCCCC1. The molecule has 2 aliphatic heterocycles. The Kier molecular flexibility index (Phi) is 9.74. The van der Waals surface area contributed by atoms with Crippen molar-refractivity contribution < 1.29 is 19.1 Å². The first-order valence-electron chi connectivity index (χ1n) is 13.3. The number of rotatable bonds is 9. The van der Waals surface area contributed by atoms with Crippen LogP contribution in [0.1, 0.15) is 44.1 Å². The first-order chi connectivity index (χ1) is 18.1. The molecule has 0 bridgehead atoms. The van der Waals surface area contributed by atoms with Gasteiger partial charge < -0.3 is 25.2 Å². The number of carbonyl (C=O) groups excluding carboxylic acids is 3. The fourth-order valence-corrected chi connectivity index (χ4v) is 4.94. The Bertz CT molecular complexity index is 1010. The maximum Gasteiger partial charge on any atom is 0.408 e. The Hall–Kier alpha value is -3.62. The van der Waals surface area contributed by atoms with Crippen LogP contribution >= 0.6 is 0 Å². The highest BCUT2D eigenvalue weighted by atomic mass is 16.5. The van der Waals surface area contributed by atoms with Gasteiger partial charge in [-0.05, 0) is 55.7 Å². The van der Waals surface area contributed by atoms with Crippen molar-refractivity contribution in [1.82, 2.24) is 20.5 Å². The van der Waals surface area contributed by atoms with Crippen LogP contribution in [0.2, 0.25) is 0 Å². The minimum Gasteiger partial charge on any atom is -0.445 e. The van der Waals surface area contributed by atoms with Crippen molar-refractivity contribution >= 4 is 23.6 Å². The summed E-state index contributed by atoms with van der Waals surface area (Å²) in [6.45, 7) is 3.28. The third kappa shape index (κ3) is 8.20. The zero-order valence-electron chi connectivity index (χ0n) is 21.3. The highest BCUT2D eigenvalue weighted by molar-refractivity contribution is 5.87. The second-order valence-corrected chi connectivity index (χ2v) is 9.79. The molecule has 9 heteroatoms. The van der Waals surface area contributed by atoms with E-state index in [1.807, 2.05) is 42.5 Å². The number of anilines is 1. The van der Waals surface area contributed by atoms with E-state index in [-0.39, 0.29) is 30.9 Å². The molecule has 37 heavy (non-hydrogen) atoms. The topological polar surface area (TPSA) is 104 Å². The first kappa shape index (κ1) is 26.4. The molecule has 0 aliphatic carbocycles. The number of ether oxygens (including phenoxy) is 1. The Morgan fingerprint density at radius 3 is 2.35 bits per heavy atom. The fourth-order valence-electron chi connectivity index (χ4n) is 4.94. The third-order valence-corrected chi connectivity index (χ3v) is 7.09. The van der Waals surface area contributed by atoms with Crippen LogP contribution in [-0.4, -0.2) is 66.6 Å². The standard InChI is InChI=1S/C28H37N5O4/c34-26(19-22-11-17-32(18-12-22)24-9-13-29-14-10-24)30-20-25(27(35)33-15-5-2-6-16-33)31-28(36)37-21-23-7-3-1-4-8-23/h1,3-4,7-10,13-14,22,25H,2,5-6,11-12,15-21H2,(H,30,34)(H,31,36). The van der Waals surface area contributed by atoms with E-state index in [1.54, 1.807) is 17.3 Å². The van der Waals surface area contributed by atoms with Gasteiger partial charge in [0.05, 0.1) is 0 Å². The maximum atomic E-state index is 13.2. The van der Waals surface area contributed by atoms with Crippen LogP contribution < -0.4 is 15.5 Å². The number of carbonyl (C=O) groups is 3. The first-order valence-corrected chi connectivity index (χ1v) is 13.3. The lowest BCUT2D eigenvalue weighted by atomic mass is 9.93. The molecule has 1 aromatic heterocycles. The molecule has 4 rings (SSSR count). The number of likely N-dealkylation sites (tertiary alicyclic amines) is 1. The van der Waals surface area contributed by atoms with Crippen molar-refractivity contribution in [2.45, 2.75) is 51.2 Å². The van der Waals surface area contributed by atoms with Gasteiger partial charge in [0.1, 0.15) is 12.6 Å². The molecule has 2 aromatic rings. The Morgan fingerprint density at radius 1 is 0.946 bits per heavy atom. The fraction of sp³-hybridized carbons (Fsp3) is 0.500. The molecule has 2 aliphatic rings. The summed E-state index contributed by atoms with van der Waals surface area (Å²) in [5.74, 6) is 0.0127. The molecule has 1 unspecified atom stereocenters. The molecule has 3 amide bonds. The van der Waals surface area contributed by atoms with Crippen LogP contribution in [0.4, 0.5) is 10.5 Å². The normalized spacial score (nSPS) is 17.1. The number of pyridine rings is 1. The van der Waals surface area contributed by atoms with Crippen molar-refractivity contribution in [1.29, 1.82) is 0 Å². The molecule has 9 nitrogen and oxygen atoms in total. The predicted molar refractivity (Wildman–Crippen MR) is 141 cm³/mol. The molecule has 198 valence electrons. The Morgan fingerprint density at radius 2 is 1.65 bits per heavy atom. The maximum absolute atomic E-state index is 13.2. The number of piperidine rings is 2. The number of nitrogens with zero attached hydrogens (tertiary/aromatic N) is 3. The van der Waals surface area contributed by atoms with Crippen molar-refractivity contribution in [3.05, 3.63) is 60.4 Å². The summed E-state index contributed by atoms with van der Waals surface area (Å²) in [6, 6.07) is 12.5. The molecule has 0 spiro atoms. The van der Waals surface area contributed by atoms with Crippen molar-refractivity contribution in [2.24, 2.45) is 5.92 Å². The van der Waals surface area contributed by atoms with E-state index < -0.39 is 12.1 Å². The van der Waals surface area contributed by atoms with Gasteiger partial charge in [-0.1, -0.05) is 30.3 Å². The largest absolute Gasteiger partial charge is 0.445 e.